The van der Waals surface area contributed by atoms with E-state index in [0.717, 1.165) is 0 Å². The number of benzene rings is 2. The van der Waals surface area contributed by atoms with Crippen molar-refractivity contribution in [3.63, 3.8) is 0 Å². The van der Waals surface area contributed by atoms with Crippen molar-refractivity contribution in [2.24, 2.45) is 0 Å². The first-order valence-corrected chi connectivity index (χ1v) is 8.11. The Kier molecular flexibility index (Phi) is 5.36. The van der Waals surface area contributed by atoms with Crippen molar-refractivity contribution in [3.05, 3.63) is 58.9 Å². The zero-order valence-electron chi connectivity index (χ0n) is 14.2. The number of fused-ring (bicyclic) bond motifs is 1. The fourth-order valence-corrected chi connectivity index (χ4v) is 2.38. The van der Waals surface area contributed by atoms with Crippen molar-refractivity contribution in [1.82, 2.24) is 5.32 Å². The summed E-state index contributed by atoms with van der Waals surface area (Å²) in [6.07, 6.45) is 0. The van der Waals surface area contributed by atoms with E-state index in [9.17, 15) is 14.0 Å². The maximum Gasteiger partial charge on any atom is 0.338 e. The highest BCUT2D eigenvalue weighted by Gasteiger charge is 2.16. The Hall–Kier alpha value is -3.09. The van der Waals surface area contributed by atoms with Gasteiger partial charge in [-0.25, -0.2) is 9.18 Å². The zero-order valence-corrected chi connectivity index (χ0v) is 14.2. The van der Waals surface area contributed by atoms with Crippen LogP contribution in [0.2, 0.25) is 0 Å². The molecule has 1 amide bonds. The largest absolute Gasteiger partial charge is 0.486 e. The summed E-state index contributed by atoms with van der Waals surface area (Å²) in [7, 11) is 0. The summed E-state index contributed by atoms with van der Waals surface area (Å²) in [4.78, 5) is 23.9. The van der Waals surface area contributed by atoms with Gasteiger partial charge in [-0.15, -0.1) is 0 Å². The van der Waals surface area contributed by atoms with E-state index in [1.165, 1.54) is 12.1 Å². The van der Waals surface area contributed by atoms with Crippen LogP contribution < -0.4 is 14.8 Å². The van der Waals surface area contributed by atoms with E-state index in [0.29, 0.717) is 35.8 Å². The van der Waals surface area contributed by atoms with Gasteiger partial charge in [0.1, 0.15) is 19.0 Å². The van der Waals surface area contributed by atoms with E-state index >= 15 is 0 Å². The third-order valence-electron chi connectivity index (χ3n) is 3.84. The van der Waals surface area contributed by atoms with E-state index in [1.807, 2.05) is 0 Å². The van der Waals surface area contributed by atoms with Gasteiger partial charge >= 0.3 is 5.97 Å². The number of hydrogen-bond donors (Lipinski definition) is 1. The molecule has 0 aliphatic carbocycles. The second-order valence-corrected chi connectivity index (χ2v) is 5.79. The molecule has 26 heavy (non-hydrogen) atoms. The molecule has 7 heteroatoms. The standard InChI is InChI=1S/C19H18FNO5/c1-12-2-3-13(8-15(12)20)10-21-18(22)11-26-19(23)14-4-5-16-17(9-14)25-7-6-24-16/h2-5,8-9H,6-7,10-11H2,1H3,(H,21,22). The first kappa shape index (κ1) is 17.7. The molecule has 3 rings (SSSR count). The van der Waals surface area contributed by atoms with Crippen LogP contribution >= 0.6 is 0 Å². The monoisotopic (exact) mass is 359 g/mol. The summed E-state index contributed by atoms with van der Waals surface area (Å²) < 4.78 is 29.2. The van der Waals surface area contributed by atoms with Crippen LogP contribution in [0, 0.1) is 12.7 Å². The van der Waals surface area contributed by atoms with Crippen molar-refractivity contribution in [2.75, 3.05) is 19.8 Å². The van der Waals surface area contributed by atoms with Gasteiger partial charge in [-0.2, -0.15) is 0 Å². The van der Waals surface area contributed by atoms with Gasteiger partial charge in [-0.1, -0.05) is 12.1 Å². The molecule has 0 saturated heterocycles. The minimum atomic E-state index is -0.640. The van der Waals surface area contributed by atoms with Crippen molar-refractivity contribution < 1.29 is 28.2 Å². The molecule has 0 saturated carbocycles. The van der Waals surface area contributed by atoms with Crippen LogP contribution in [0.1, 0.15) is 21.5 Å². The highest BCUT2D eigenvalue weighted by atomic mass is 19.1. The summed E-state index contributed by atoms with van der Waals surface area (Å²) in [6.45, 7) is 2.25. The quantitative estimate of drug-likeness (QED) is 0.830. The van der Waals surface area contributed by atoms with Crippen LogP contribution in [0.3, 0.4) is 0 Å². The number of halogens is 1. The predicted octanol–water partition coefficient (Wildman–Crippen LogP) is 2.38. The van der Waals surface area contributed by atoms with Crippen molar-refractivity contribution in [2.45, 2.75) is 13.5 Å². The molecule has 1 aliphatic rings. The van der Waals surface area contributed by atoms with Crippen LogP contribution in [0.15, 0.2) is 36.4 Å². The molecule has 0 spiro atoms. The average Bonchev–Trinajstić information content (AvgIpc) is 2.66. The molecule has 0 fully saturated rings. The lowest BCUT2D eigenvalue weighted by molar-refractivity contribution is -0.124. The Bertz CT molecular complexity index is 837. The molecular weight excluding hydrogens is 341 g/mol. The van der Waals surface area contributed by atoms with Gasteiger partial charge in [0.25, 0.3) is 5.91 Å². The molecular formula is C19H18FNO5. The van der Waals surface area contributed by atoms with Crippen LogP contribution in [-0.2, 0) is 16.1 Å². The summed E-state index contributed by atoms with van der Waals surface area (Å²) in [5.41, 5.74) is 1.43. The zero-order chi connectivity index (χ0) is 18.5. The predicted molar refractivity (Wildman–Crippen MR) is 90.7 cm³/mol. The molecule has 2 aromatic carbocycles. The number of carbonyl (C=O) groups is 2. The summed E-state index contributed by atoms with van der Waals surface area (Å²) in [5, 5.41) is 2.57. The number of esters is 1. The van der Waals surface area contributed by atoms with Gasteiger partial charge < -0.3 is 19.5 Å². The average molecular weight is 359 g/mol. The highest BCUT2D eigenvalue weighted by molar-refractivity contribution is 5.92. The minimum absolute atomic E-state index is 0.150. The Morgan fingerprint density at radius 3 is 2.65 bits per heavy atom. The van der Waals surface area contributed by atoms with E-state index in [4.69, 9.17) is 14.2 Å². The van der Waals surface area contributed by atoms with Gasteiger partial charge in [0.15, 0.2) is 18.1 Å². The summed E-state index contributed by atoms with van der Waals surface area (Å²) in [6, 6.07) is 9.40. The van der Waals surface area contributed by atoms with Gasteiger partial charge in [0, 0.05) is 6.54 Å². The van der Waals surface area contributed by atoms with Crippen molar-refractivity contribution in [3.8, 4) is 11.5 Å². The SMILES string of the molecule is Cc1ccc(CNC(=O)COC(=O)c2ccc3c(c2)OCCO3)cc1F. The number of hydrogen-bond acceptors (Lipinski definition) is 5. The Morgan fingerprint density at radius 1 is 1.12 bits per heavy atom. The van der Waals surface area contributed by atoms with Crippen molar-refractivity contribution >= 4 is 11.9 Å². The Morgan fingerprint density at radius 2 is 1.88 bits per heavy atom. The van der Waals surface area contributed by atoms with Crippen LogP contribution in [0.25, 0.3) is 0 Å². The van der Waals surface area contributed by atoms with E-state index in [1.54, 1.807) is 31.2 Å². The van der Waals surface area contributed by atoms with Crippen LogP contribution in [-0.4, -0.2) is 31.7 Å². The van der Waals surface area contributed by atoms with E-state index in [2.05, 4.69) is 5.32 Å². The minimum Gasteiger partial charge on any atom is -0.486 e. The molecule has 0 radical (unpaired) electrons. The number of aryl methyl sites for hydroxylation is 1. The second-order valence-electron chi connectivity index (χ2n) is 5.79. The van der Waals surface area contributed by atoms with E-state index < -0.39 is 18.5 Å². The molecule has 0 bridgehead atoms. The smallest absolute Gasteiger partial charge is 0.338 e. The highest BCUT2D eigenvalue weighted by Crippen LogP contribution is 2.30. The molecule has 6 nitrogen and oxygen atoms in total. The summed E-state index contributed by atoms with van der Waals surface area (Å²) >= 11 is 0. The maximum atomic E-state index is 13.5. The molecule has 1 N–H and O–H groups in total. The number of ether oxygens (including phenoxy) is 3. The number of rotatable bonds is 5. The third kappa shape index (κ3) is 4.30. The lowest BCUT2D eigenvalue weighted by Gasteiger charge is -2.18. The number of carbonyl (C=O) groups excluding carboxylic acids is 2. The molecule has 136 valence electrons. The first-order chi connectivity index (χ1) is 12.5. The van der Waals surface area contributed by atoms with Gasteiger partial charge in [0.05, 0.1) is 5.56 Å². The first-order valence-electron chi connectivity index (χ1n) is 8.11. The Labute approximate surface area is 149 Å². The topological polar surface area (TPSA) is 73.9 Å². The number of amides is 1. The van der Waals surface area contributed by atoms with Gasteiger partial charge in [-0.3, -0.25) is 4.79 Å². The lowest BCUT2D eigenvalue weighted by Crippen LogP contribution is -2.28. The van der Waals surface area contributed by atoms with Crippen LogP contribution in [0.5, 0.6) is 11.5 Å². The molecule has 1 aliphatic heterocycles. The number of nitrogens with one attached hydrogen (secondary N) is 1. The van der Waals surface area contributed by atoms with Gasteiger partial charge in [-0.05, 0) is 42.3 Å². The molecule has 2 aromatic rings. The molecule has 0 atom stereocenters. The third-order valence-corrected chi connectivity index (χ3v) is 3.84. The second kappa shape index (κ2) is 7.86. The van der Waals surface area contributed by atoms with Gasteiger partial charge in [0.2, 0.25) is 0 Å². The molecule has 0 aromatic heterocycles. The van der Waals surface area contributed by atoms with Crippen molar-refractivity contribution in [1.29, 1.82) is 0 Å². The summed E-state index contributed by atoms with van der Waals surface area (Å²) in [5.74, 6) is -0.412. The normalized spacial score (nSPS) is 12.4. The maximum absolute atomic E-state index is 13.5. The van der Waals surface area contributed by atoms with Crippen LogP contribution in [0.4, 0.5) is 4.39 Å². The fraction of sp³-hybridized carbons (Fsp3) is 0.263. The molecule has 1 heterocycles. The lowest BCUT2D eigenvalue weighted by atomic mass is 10.1. The fourth-order valence-electron chi connectivity index (χ4n) is 2.38. The Balaban J connectivity index is 1.49. The molecule has 0 unspecified atom stereocenters. The van der Waals surface area contributed by atoms with E-state index in [-0.39, 0.29) is 17.9 Å².